The smallest absolute Gasteiger partial charge is 0.253 e. The van der Waals surface area contributed by atoms with Gasteiger partial charge in [0.1, 0.15) is 0 Å². The summed E-state index contributed by atoms with van der Waals surface area (Å²) in [5.74, 6) is 1.33. The Morgan fingerprint density at radius 1 is 0.902 bits per heavy atom. The molecule has 0 aliphatic carbocycles. The molecule has 0 saturated carbocycles. The van der Waals surface area contributed by atoms with E-state index in [9.17, 15) is 4.79 Å². The van der Waals surface area contributed by atoms with Gasteiger partial charge in [-0.15, -0.1) is 0 Å². The van der Waals surface area contributed by atoms with Crippen molar-refractivity contribution in [3.63, 3.8) is 0 Å². The average Bonchev–Trinajstić information content (AvgIpc) is 3.39. The molecule has 1 aliphatic rings. The number of carbonyl (C=O) groups excluding carboxylic acids is 1. The molecular formula is C32H32ClN7O. The van der Waals surface area contributed by atoms with Gasteiger partial charge in [0, 0.05) is 43.3 Å². The zero-order valence-electron chi connectivity index (χ0n) is 23.2. The monoisotopic (exact) mass is 565 g/mol. The van der Waals surface area contributed by atoms with Gasteiger partial charge in [0.15, 0.2) is 17.0 Å². The van der Waals surface area contributed by atoms with Crippen LogP contribution in [0.2, 0.25) is 5.02 Å². The Labute approximate surface area is 244 Å². The Morgan fingerprint density at radius 2 is 1.68 bits per heavy atom. The summed E-state index contributed by atoms with van der Waals surface area (Å²) in [6, 6.07) is 24.0. The van der Waals surface area contributed by atoms with Crippen LogP contribution in [0.1, 0.15) is 32.6 Å². The van der Waals surface area contributed by atoms with Gasteiger partial charge < -0.3 is 19.7 Å². The summed E-state index contributed by atoms with van der Waals surface area (Å²) in [6.07, 6.45) is 1.82. The number of carbonyl (C=O) groups is 1. The minimum absolute atomic E-state index is 0.0550. The number of hydrogen-bond donors (Lipinski definition) is 1. The summed E-state index contributed by atoms with van der Waals surface area (Å²) in [5, 5.41) is 4.16. The second-order valence-electron chi connectivity index (χ2n) is 10.5. The lowest BCUT2D eigenvalue weighted by Gasteiger charge is -2.35. The third-order valence-corrected chi connectivity index (χ3v) is 7.81. The number of nitrogens with zero attached hydrogens (tertiary/aromatic N) is 6. The molecule has 41 heavy (non-hydrogen) atoms. The molecule has 0 atom stereocenters. The molecule has 8 nitrogen and oxygen atoms in total. The third-order valence-electron chi connectivity index (χ3n) is 7.44. The SMILES string of the molecule is Cc1ccc(C(=O)N2CCN(c3nc(NCc4ccccc4Cl)c4ncn(Cc5cccc(C)c5)c4n3)CC2)cc1. The fraction of sp³-hybridized carbons (Fsp3) is 0.250. The van der Waals surface area contributed by atoms with Crippen molar-refractivity contribution in [2.75, 3.05) is 36.4 Å². The maximum Gasteiger partial charge on any atom is 0.253 e. The molecule has 1 aliphatic heterocycles. The van der Waals surface area contributed by atoms with Crippen LogP contribution in [0.4, 0.5) is 11.8 Å². The third kappa shape index (κ3) is 5.88. The van der Waals surface area contributed by atoms with Gasteiger partial charge >= 0.3 is 0 Å². The molecule has 9 heteroatoms. The first kappa shape index (κ1) is 26.8. The summed E-state index contributed by atoms with van der Waals surface area (Å²) < 4.78 is 2.06. The Kier molecular flexibility index (Phi) is 7.57. The van der Waals surface area contributed by atoms with Crippen LogP contribution in [0.3, 0.4) is 0 Å². The van der Waals surface area contributed by atoms with Crippen molar-refractivity contribution in [2.24, 2.45) is 0 Å². The highest BCUT2D eigenvalue weighted by Gasteiger charge is 2.25. The highest BCUT2D eigenvalue weighted by molar-refractivity contribution is 6.31. The van der Waals surface area contributed by atoms with Crippen LogP contribution in [0.15, 0.2) is 79.1 Å². The van der Waals surface area contributed by atoms with Gasteiger partial charge in [-0.1, -0.05) is 77.3 Å². The summed E-state index contributed by atoms with van der Waals surface area (Å²) in [5.41, 5.74) is 6.69. The lowest BCUT2D eigenvalue weighted by Crippen LogP contribution is -2.49. The summed E-state index contributed by atoms with van der Waals surface area (Å²) in [6.45, 7) is 7.74. The first-order valence-electron chi connectivity index (χ1n) is 13.8. The maximum atomic E-state index is 13.1. The summed E-state index contributed by atoms with van der Waals surface area (Å²) in [7, 11) is 0. The van der Waals surface area contributed by atoms with Crippen molar-refractivity contribution in [2.45, 2.75) is 26.9 Å². The number of hydrogen-bond acceptors (Lipinski definition) is 6. The van der Waals surface area contributed by atoms with Crippen molar-refractivity contribution in [1.29, 1.82) is 0 Å². The molecule has 1 fully saturated rings. The zero-order chi connectivity index (χ0) is 28.3. The fourth-order valence-electron chi connectivity index (χ4n) is 5.13. The van der Waals surface area contributed by atoms with Gasteiger partial charge in [0.2, 0.25) is 5.95 Å². The van der Waals surface area contributed by atoms with E-state index < -0.39 is 0 Å². The number of aryl methyl sites for hydroxylation is 2. The number of aromatic nitrogens is 4. The second-order valence-corrected chi connectivity index (χ2v) is 10.9. The van der Waals surface area contributed by atoms with Gasteiger partial charge in [-0.25, -0.2) is 4.98 Å². The molecule has 0 radical (unpaired) electrons. The minimum Gasteiger partial charge on any atom is -0.364 e. The highest BCUT2D eigenvalue weighted by atomic mass is 35.5. The molecule has 0 unspecified atom stereocenters. The number of nitrogens with one attached hydrogen (secondary N) is 1. The molecule has 6 rings (SSSR count). The number of rotatable bonds is 7. The quantitative estimate of drug-likeness (QED) is 0.272. The van der Waals surface area contributed by atoms with Crippen LogP contribution >= 0.6 is 11.6 Å². The molecule has 1 saturated heterocycles. The topological polar surface area (TPSA) is 79.2 Å². The maximum absolute atomic E-state index is 13.1. The number of imidazole rings is 1. The number of piperazine rings is 1. The zero-order valence-corrected chi connectivity index (χ0v) is 24.0. The molecule has 3 aromatic carbocycles. The van der Waals surface area contributed by atoms with Gasteiger partial charge in [-0.05, 0) is 43.2 Å². The van der Waals surface area contributed by atoms with Crippen molar-refractivity contribution >= 4 is 40.4 Å². The van der Waals surface area contributed by atoms with Gasteiger partial charge in [0.25, 0.3) is 5.91 Å². The molecule has 1 N–H and O–H groups in total. The van der Waals surface area contributed by atoms with Crippen LogP contribution in [0.5, 0.6) is 0 Å². The largest absolute Gasteiger partial charge is 0.364 e. The average molecular weight is 566 g/mol. The Balaban J connectivity index is 1.27. The van der Waals surface area contributed by atoms with E-state index in [4.69, 9.17) is 26.6 Å². The first-order valence-corrected chi connectivity index (χ1v) is 14.2. The molecule has 0 spiro atoms. The van der Waals surface area contributed by atoms with Crippen molar-refractivity contribution in [3.05, 3.63) is 112 Å². The van der Waals surface area contributed by atoms with Crippen LogP contribution in [0, 0.1) is 13.8 Å². The van der Waals surface area contributed by atoms with Crippen LogP contribution in [-0.2, 0) is 13.1 Å². The van der Waals surface area contributed by atoms with E-state index in [0.717, 1.165) is 16.8 Å². The second kappa shape index (κ2) is 11.6. The molecule has 3 heterocycles. The molecule has 2 aromatic heterocycles. The number of benzene rings is 3. The van der Waals surface area contributed by atoms with Gasteiger partial charge in [0.05, 0.1) is 12.9 Å². The van der Waals surface area contributed by atoms with E-state index >= 15 is 0 Å². The summed E-state index contributed by atoms with van der Waals surface area (Å²) in [4.78, 5) is 31.7. The van der Waals surface area contributed by atoms with E-state index in [0.29, 0.717) is 67.1 Å². The lowest BCUT2D eigenvalue weighted by atomic mass is 10.1. The molecule has 0 bridgehead atoms. The minimum atomic E-state index is 0.0550. The van der Waals surface area contributed by atoms with Crippen LogP contribution in [-0.4, -0.2) is 56.5 Å². The Morgan fingerprint density at radius 3 is 2.44 bits per heavy atom. The number of halogens is 1. The predicted molar refractivity (Wildman–Crippen MR) is 164 cm³/mol. The van der Waals surface area contributed by atoms with Crippen molar-refractivity contribution in [3.8, 4) is 0 Å². The van der Waals surface area contributed by atoms with E-state index in [2.05, 4.69) is 46.0 Å². The lowest BCUT2D eigenvalue weighted by molar-refractivity contribution is 0.0746. The van der Waals surface area contributed by atoms with E-state index in [1.165, 1.54) is 11.1 Å². The Hall–Kier alpha value is -4.43. The molecule has 1 amide bonds. The molecular weight excluding hydrogens is 534 g/mol. The first-order chi connectivity index (χ1) is 19.9. The predicted octanol–water partition coefficient (Wildman–Crippen LogP) is 5.72. The highest BCUT2D eigenvalue weighted by Crippen LogP contribution is 2.26. The number of fused-ring (bicyclic) bond motifs is 1. The number of amides is 1. The van der Waals surface area contributed by atoms with Crippen molar-refractivity contribution < 1.29 is 4.79 Å². The molecule has 5 aromatic rings. The Bertz CT molecular complexity index is 1690. The fourth-order valence-corrected chi connectivity index (χ4v) is 5.33. The number of anilines is 2. The van der Waals surface area contributed by atoms with E-state index in [1.54, 1.807) is 0 Å². The van der Waals surface area contributed by atoms with Crippen LogP contribution < -0.4 is 10.2 Å². The molecule has 208 valence electrons. The standard InChI is InChI=1S/C32H32ClN7O/c1-22-10-12-25(13-11-22)31(41)38-14-16-39(17-15-38)32-36-29(34-19-26-8-3-4-9-27(26)33)28-30(37-32)40(21-35-28)20-24-7-5-6-23(2)18-24/h3-13,18,21H,14-17,19-20H2,1-2H3,(H,34,36,37). The van der Waals surface area contributed by atoms with Crippen LogP contribution in [0.25, 0.3) is 11.2 Å². The van der Waals surface area contributed by atoms with Gasteiger partial charge in [-0.2, -0.15) is 9.97 Å². The van der Waals surface area contributed by atoms with Gasteiger partial charge in [-0.3, -0.25) is 4.79 Å². The summed E-state index contributed by atoms with van der Waals surface area (Å²) >= 11 is 6.43. The normalized spacial score (nSPS) is 13.5. The van der Waals surface area contributed by atoms with E-state index in [1.807, 2.05) is 66.7 Å². The van der Waals surface area contributed by atoms with Crippen molar-refractivity contribution in [1.82, 2.24) is 24.4 Å². The van der Waals surface area contributed by atoms with E-state index in [-0.39, 0.29) is 5.91 Å².